The van der Waals surface area contributed by atoms with E-state index in [0.29, 0.717) is 12.5 Å². The zero-order valence-electron chi connectivity index (χ0n) is 14.4. The number of hydrogen-bond donors (Lipinski definition) is 0. The van der Waals surface area contributed by atoms with Crippen molar-refractivity contribution in [3.05, 3.63) is 35.8 Å². The predicted molar refractivity (Wildman–Crippen MR) is 92.7 cm³/mol. The highest BCUT2D eigenvalue weighted by Gasteiger charge is 2.22. The molecule has 0 fully saturated rings. The summed E-state index contributed by atoms with van der Waals surface area (Å²) in [4.78, 5) is 17.8. The van der Waals surface area contributed by atoms with Gasteiger partial charge < -0.3 is 19.3 Å². The summed E-state index contributed by atoms with van der Waals surface area (Å²) in [6.07, 6.45) is 1.54. The van der Waals surface area contributed by atoms with Crippen LogP contribution in [0.1, 0.15) is 11.3 Å². The number of hydrogen-bond acceptors (Lipinski definition) is 7. The number of methoxy groups -OCH3 is 2. The number of nitrogens with zero attached hydrogens (tertiary/aromatic N) is 5. The first-order valence-corrected chi connectivity index (χ1v) is 8.02. The van der Waals surface area contributed by atoms with Gasteiger partial charge in [-0.2, -0.15) is 0 Å². The van der Waals surface area contributed by atoms with Crippen LogP contribution in [0, 0.1) is 6.92 Å². The summed E-state index contributed by atoms with van der Waals surface area (Å²) in [7, 11) is 3.34. The first-order chi connectivity index (χ1) is 11.7. The van der Waals surface area contributed by atoms with Crippen LogP contribution in [-0.4, -0.2) is 55.4 Å². The molecule has 1 aliphatic heterocycles. The largest absolute Gasteiger partial charge is 0.481 e. The van der Waals surface area contributed by atoms with E-state index in [0.717, 1.165) is 43.5 Å². The normalized spacial score (nSPS) is 14.3. The van der Waals surface area contributed by atoms with Crippen LogP contribution in [0.4, 0.5) is 11.6 Å². The third-order valence-electron chi connectivity index (χ3n) is 4.12. The molecule has 0 aromatic carbocycles. The summed E-state index contributed by atoms with van der Waals surface area (Å²) >= 11 is 0. The van der Waals surface area contributed by atoms with Crippen LogP contribution in [0.5, 0.6) is 5.88 Å². The second-order valence-corrected chi connectivity index (χ2v) is 5.76. The molecule has 128 valence electrons. The van der Waals surface area contributed by atoms with Gasteiger partial charge in [0, 0.05) is 50.6 Å². The van der Waals surface area contributed by atoms with Crippen molar-refractivity contribution in [2.75, 3.05) is 50.3 Å². The Labute approximate surface area is 142 Å². The van der Waals surface area contributed by atoms with Gasteiger partial charge in [-0.25, -0.2) is 15.0 Å². The number of anilines is 2. The molecule has 0 N–H and O–H groups in total. The summed E-state index contributed by atoms with van der Waals surface area (Å²) < 4.78 is 10.5. The average Bonchev–Trinajstić information content (AvgIpc) is 2.79. The molecule has 2 aromatic heterocycles. The van der Waals surface area contributed by atoms with Crippen molar-refractivity contribution in [2.45, 2.75) is 13.5 Å². The Hall–Kier alpha value is -2.41. The number of ether oxygens (including phenoxy) is 2. The SMILES string of the molecule is COCCN1CCN(c2cc(OC)ncn2)Cc2ccc(C)nc21. The lowest BCUT2D eigenvalue weighted by Gasteiger charge is -2.24. The third-order valence-corrected chi connectivity index (χ3v) is 4.12. The fourth-order valence-electron chi connectivity index (χ4n) is 2.83. The molecule has 0 saturated heterocycles. The smallest absolute Gasteiger partial charge is 0.218 e. The number of aryl methyl sites for hydroxylation is 1. The van der Waals surface area contributed by atoms with Gasteiger partial charge in [-0.3, -0.25) is 0 Å². The number of rotatable bonds is 5. The molecular weight excluding hydrogens is 306 g/mol. The molecule has 0 atom stereocenters. The molecule has 0 amide bonds. The van der Waals surface area contributed by atoms with Crippen molar-refractivity contribution in [1.29, 1.82) is 0 Å². The first kappa shape index (κ1) is 16.4. The Kier molecular flexibility index (Phi) is 5.10. The van der Waals surface area contributed by atoms with Gasteiger partial charge in [0.05, 0.1) is 13.7 Å². The Morgan fingerprint density at radius 2 is 2.04 bits per heavy atom. The van der Waals surface area contributed by atoms with Crippen molar-refractivity contribution in [2.24, 2.45) is 0 Å². The van der Waals surface area contributed by atoms with E-state index in [-0.39, 0.29) is 0 Å². The predicted octanol–water partition coefficient (Wildman–Crippen LogP) is 1.66. The van der Waals surface area contributed by atoms with Crippen molar-refractivity contribution in [1.82, 2.24) is 15.0 Å². The number of pyridine rings is 1. The van der Waals surface area contributed by atoms with Gasteiger partial charge in [-0.15, -0.1) is 0 Å². The van der Waals surface area contributed by atoms with E-state index >= 15 is 0 Å². The minimum atomic E-state index is 0.572. The standard InChI is InChI=1S/C17H23N5O2/c1-13-4-5-14-11-22(15-10-16(24-3)19-12-18-15)7-6-21(8-9-23-2)17(14)20-13/h4-5,10,12H,6-9,11H2,1-3H3. The maximum absolute atomic E-state index is 5.25. The Morgan fingerprint density at radius 3 is 2.83 bits per heavy atom. The fourth-order valence-corrected chi connectivity index (χ4v) is 2.83. The summed E-state index contributed by atoms with van der Waals surface area (Å²) in [5.74, 6) is 2.47. The monoisotopic (exact) mass is 329 g/mol. The van der Waals surface area contributed by atoms with Gasteiger partial charge in [0.2, 0.25) is 5.88 Å². The van der Waals surface area contributed by atoms with Crippen molar-refractivity contribution in [3.8, 4) is 5.88 Å². The van der Waals surface area contributed by atoms with Crippen LogP contribution < -0.4 is 14.5 Å². The second-order valence-electron chi connectivity index (χ2n) is 5.76. The molecule has 3 heterocycles. The summed E-state index contributed by atoms with van der Waals surface area (Å²) in [6, 6.07) is 6.07. The van der Waals surface area contributed by atoms with E-state index in [1.807, 2.05) is 13.0 Å². The Morgan fingerprint density at radius 1 is 1.17 bits per heavy atom. The quantitative estimate of drug-likeness (QED) is 0.826. The van der Waals surface area contributed by atoms with Gasteiger partial charge in [0.1, 0.15) is 18.0 Å². The van der Waals surface area contributed by atoms with E-state index in [9.17, 15) is 0 Å². The number of aromatic nitrogens is 3. The van der Waals surface area contributed by atoms with E-state index in [1.54, 1.807) is 14.2 Å². The minimum absolute atomic E-state index is 0.572. The zero-order valence-corrected chi connectivity index (χ0v) is 14.4. The van der Waals surface area contributed by atoms with Crippen LogP contribution >= 0.6 is 0 Å². The van der Waals surface area contributed by atoms with Gasteiger partial charge >= 0.3 is 0 Å². The molecule has 7 heteroatoms. The summed E-state index contributed by atoms with van der Waals surface area (Å²) in [5, 5.41) is 0. The maximum Gasteiger partial charge on any atom is 0.218 e. The second kappa shape index (κ2) is 7.44. The highest BCUT2D eigenvalue weighted by atomic mass is 16.5. The average molecular weight is 329 g/mol. The van der Waals surface area contributed by atoms with Crippen LogP contribution in [0.15, 0.2) is 24.5 Å². The van der Waals surface area contributed by atoms with Gasteiger partial charge in [-0.1, -0.05) is 6.07 Å². The molecule has 2 aromatic rings. The molecule has 0 spiro atoms. The highest BCUT2D eigenvalue weighted by Crippen LogP contribution is 2.26. The van der Waals surface area contributed by atoms with E-state index in [2.05, 4.69) is 31.9 Å². The number of fused-ring (bicyclic) bond motifs is 1. The molecule has 24 heavy (non-hydrogen) atoms. The topological polar surface area (TPSA) is 63.6 Å². The molecule has 7 nitrogen and oxygen atoms in total. The Balaban J connectivity index is 1.90. The van der Waals surface area contributed by atoms with Crippen molar-refractivity contribution >= 4 is 11.6 Å². The fraction of sp³-hybridized carbons (Fsp3) is 0.471. The summed E-state index contributed by atoms with van der Waals surface area (Å²) in [6.45, 7) is 5.98. The molecular formula is C17H23N5O2. The molecule has 0 aliphatic carbocycles. The lowest BCUT2D eigenvalue weighted by molar-refractivity contribution is 0.205. The molecule has 0 saturated carbocycles. The Bertz CT molecular complexity index is 694. The molecule has 3 rings (SSSR count). The maximum atomic E-state index is 5.25. The van der Waals surface area contributed by atoms with Crippen molar-refractivity contribution in [3.63, 3.8) is 0 Å². The van der Waals surface area contributed by atoms with Crippen LogP contribution in [0.2, 0.25) is 0 Å². The van der Waals surface area contributed by atoms with Crippen LogP contribution in [-0.2, 0) is 11.3 Å². The van der Waals surface area contributed by atoms with E-state index < -0.39 is 0 Å². The molecule has 0 unspecified atom stereocenters. The molecule has 1 aliphatic rings. The highest BCUT2D eigenvalue weighted by molar-refractivity contribution is 5.53. The summed E-state index contributed by atoms with van der Waals surface area (Å²) in [5.41, 5.74) is 2.21. The first-order valence-electron chi connectivity index (χ1n) is 8.02. The zero-order chi connectivity index (χ0) is 16.9. The van der Waals surface area contributed by atoms with Crippen molar-refractivity contribution < 1.29 is 9.47 Å². The molecule has 0 radical (unpaired) electrons. The third kappa shape index (κ3) is 3.56. The van der Waals surface area contributed by atoms with Gasteiger partial charge in [0.25, 0.3) is 0 Å². The van der Waals surface area contributed by atoms with E-state index in [1.165, 1.54) is 11.9 Å². The van der Waals surface area contributed by atoms with Crippen LogP contribution in [0.3, 0.4) is 0 Å². The van der Waals surface area contributed by atoms with Crippen LogP contribution in [0.25, 0.3) is 0 Å². The lowest BCUT2D eigenvalue weighted by atomic mass is 10.2. The minimum Gasteiger partial charge on any atom is -0.481 e. The van der Waals surface area contributed by atoms with E-state index in [4.69, 9.17) is 14.5 Å². The van der Waals surface area contributed by atoms with Gasteiger partial charge in [0.15, 0.2) is 0 Å². The molecule has 0 bridgehead atoms. The lowest BCUT2D eigenvalue weighted by Crippen LogP contribution is -2.34. The van der Waals surface area contributed by atoms with Gasteiger partial charge in [-0.05, 0) is 13.0 Å².